The molecule has 7 nitrogen and oxygen atoms in total. The van der Waals surface area contributed by atoms with Gasteiger partial charge in [0, 0.05) is 24.5 Å². The van der Waals surface area contributed by atoms with E-state index in [1.165, 1.54) is 17.0 Å². The fourth-order valence-electron chi connectivity index (χ4n) is 3.73. The largest absolute Gasteiger partial charge is 0.480 e. The molecule has 1 fully saturated rings. The smallest absolute Gasteiger partial charge is 0.326 e. The molecule has 2 aromatic rings. The van der Waals surface area contributed by atoms with Gasteiger partial charge in [-0.05, 0) is 43.0 Å². The van der Waals surface area contributed by atoms with Crippen molar-refractivity contribution in [1.82, 2.24) is 14.8 Å². The number of carboxylic acid groups (broad SMARTS) is 1. The zero-order valence-corrected chi connectivity index (χ0v) is 16.1. The predicted octanol–water partition coefficient (Wildman–Crippen LogP) is 2.15. The van der Waals surface area contributed by atoms with Crippen molar-refractivity contribution < 1.29 is 23.9 Å². The van der Waals surface area contributed by atoms with Crippen molar-refractivity contribution in [2.75, 3.05) is 6.54 Å². The van der Waals surface area contributed by atoms with Gasteiger partial charge in [-0.15, -0.1) is 0 Å². The van der Waals surface area contributed by atoms with Crippen LogP contribution in [-0.4, -0.2) is 51.0 Å². The molecule has 2 N–H and O–H groups in total. The number of carbonyl (C=O) groups excluding carboxylic acids is 2. The Morgan fingerprint density at radius 1 is 1.25 bits per heavy atom. The van der Waals surface area contributed by atoms with Crippen LogP contribution in [0.5, 0.6) is 0 Å². The van der Waals surface area contributed by atoms with E-state index in [-0.39, 0.29) is 5.92 Å². The molecule has 0 radical (unpaired) electrons. The average Bonchev–Trinajstić information content (AvgIpc) is 3.23. The van der Waals surface area contributed by atoms with Crippen LogP contribution >= 0.6 is 0 Å². The monoisotopic (exact) mass is 389 g/mol. The molecule has 0 saturated carbocycles. The summed E-state index contributed by atoms with van der Waals surface area (Å²) in [5.74, 6) is -2.50. The minimum atomic E-state index is -1.03. The van der Waals surface area contributed by atoms with Crippen LogP contribution in [-0.2, 0) is 16.6 Å². The zero-order chi connectivity index (χ0) is 20.6. The summed E-state index contributed by atoms with van der Waals surface area (Å²) < 4.78 is 15.1. The number of aliphatic carboxylic acids is 1. The van der Waals surface area contributed by atoms with E-state index in [1.807, 2.05) is 0 Å². The van der Waals surface area contributed by atoms with E-state index in [0.29, 0.717) is 36.0 Å². The van der Waals surface area contributed by atoms with E-state index >= 15 is 0 Å². The van der Waals surface area contributed by atoms with Gasteiger partial charge in [-0.3, -0.25) is 9.59 Å². The Hall–Kier alpha value is -2.90. The third-order valence-electron chi connectivity index (χ3n) is 5.28. The van der Waals surface area contributed by atoms with Crippen LogP contribution in [0, 0.1) is 11.7 Å². The molecule has 2 heterocycles. The van der Waals surface area contributed by atoms with Gasteiger partial charge >= 0.3 is 5.97 Å². The first-order chi connectivity index (χ1) is 13.2. The van der Waals surface area contributed by atoms with Gasteiger partial charge in [-0.25, -0.2) is 9.18 Å². The molecule has 150 valence electrons. The van der Waals surface area contributed by atoms with Crippen LogP contribution in [0.3, 0.4) is 0 Å². The molecular formula is C20H24FN3O4. The Morgan fingerprint density at radius 2 is 1.96 bits per heavy atom. The number of rotatable bonds is 5. The van der Waals surface area contributed by atoms with Crippen LogP contribution in [0.1, 0.15) is 37.2 Å². The normalized spacial score (nSPS) is 17.9. The molecule has 2 amide bonds. The van der Waals surface area contributed by atoms with Crippen molar-refractivity contribution >= 4 is 28.7 Å². The van der Waals surface area contributed by atoms with Crippen molar-refractivity contribution in [3.8, 4) is 0 Å². The summed E-state index contributed by atoms with van der Waals surface area (Å²) in [7, 11) is 1.70. The Balaban J connectivity index is 1.85. The Labute approximate surface area is 162 Å². The minimum Gasteiger partial charge on any atom is -0.480 e. The molecule has 1 saturated heterocycles. The molecule has 1 aliphatic rings. The third-order valence-corrected chi connectivity index (χ3v) is 5.28. The molecule has 8 heteroatoms. The lowest BCUT2D eigenvalue weighted by Gasteiger charge is -2.29. The van der Waals surface area contributed by atoms with Gasteiger partial charge in [-0.1, -0.05) is 13.8 Å². The molecule has 1 aromatic carbocycles. The molecule has 2 atom stereocenters. The summed E-state index contributed by atoms with van der Waals surface area (Å²) in [5, 5.41) is 12.7. The fourth-order valence-corrected chi connectivity index (χ4v) is 3.73. The second-order valence-corrected chi connectivity index (χ2v) is 7.51. The highest BCUT2D eigenvalue weighted by Gasteiger charge is 2.38. The fraction of sp³-hybridized carbons (Fsp3) is 0.450. The Bertz CT molecular complexity index is 937. The standard InChI is InChI=1S/C20H24FN3O4/c1-11(2)17(19(26)24-8-4-5-15(24)20(27)28)22-18(25)16-10-12-9-13(21)6-7-14(12)23(16)3/h6-7,9-11,15,17H,4-5,8H2,1-3H3,(H,22,25)(H,27,28). The van der Waals surface area contributed by atoms with E-state index < -0.39 is 35.7 Å². The van der Waals surface area contributed by atoms with Gasteiger partial charge in [0.1, 0.15) is 23.6 Å². The summed E-state index contributed by atoms with van der Waals surface area (Å²) in [6.07, 6.45) is 1.03. The van der Waals surface area contributed by atoms with E-state index in [0.717, 1.165) is 0 Å². The highest BCUT2D eigenvalue weighted by molar-refractivity contribution is 6.01. The maximum Gasteiger partial charge on any atom is 0.326 e. The zero-order valence-electron chi connectivity index (χ0n) is 16.1. The van der Waals surface area contributed by atoms with Crippen molar-refractivity contribution in [2.24, 2.45) is 13.0 Å². The first-order valence-electron chi connectivity index (χ1n) is 9.30. The molecular weight excluding hydrogens is 365 g/mol. The van der Waals surface area contributed by atoms with Gasteiger partial charge in [-0.2, -0.15) is 0 Å². The van der Waals surface area contributed by atoms with Crippen LogP contribution in [0.4, 0.5) is 4.39 Å². The molecule has 0 spiro atoms. The minimum absolute atomic E-state index is 0.223. The number of nitrogens with one attached hydrogen (secondary N) is 1. The number of hydrogen-bond acceptors (Lipinski definition) is 3. The second kappa shape index (κ2) is 7.61. The first-order valence-corrected chi connectivity index (χ1v) is 9.30. The summed E-state index contributed by atoms with van der Waals surface area (Å²) in [4.78, 5) is 38.6. The van der Waals surface area contributed by atoms with E-state index in [2.05, 4.69) is 5.32 Å². The van der Waals surface area contributed by atoms with Gasteiger partial charge in [0.25, 0.3) is 5.91 Å². The van der Waals surface area contributed by atoms with Gasteiger partial charge in [0.15, 0.2) is 0 Å². The number of carbonyl (C=O) groups is 3. The number of aromatic nitrogens is 1. The van der Waals surface area contributed by atoms with Crippen molar-refractivity contribution in [3.63, 3.8) is 0 Å². The van der Waals surface area contributed by atoms with Crippen molar-refractivity contribution in [3.05, 3.63) is 35.8 Å². The summed E-state index contributed by atoms with van der Waals surface area (Å²) >= 11 is 0. The first kappa shape index (κ1) is 19.9. The molecule has 1 aliphatic heterocycles. The second-order valence-electron chi connectivity index (χ2n) is 7.51. The summed E-state index contributed by atoms with van der Waals surface area (Å²) in [5.41, 5.74) is 1.000. The lowest BCUT2D eigenvalue weighted by Crippen LogP contribution is -2.53. The number of aryl methyl sites for hydroxylation is 1. The SMILES string of the molecule is CC(C)C(NC(=O)c1cc2cc(F)ccc2n1C)C(=O)N1CCCC1C(=O)O. The molecule has 0 aliphatic carbocycles. The predicted molar refractivity (Wildman–Crippen MR) is 101 cm³/mol. The molecule has 0 bridgehead atoms. The van der Waals surface area contributed by atoms with E-state index in [1.54, 1.807) is 37.6 Å². The number of nitrogens with zero attached hydrogens (tertiary/aromatic N) is 2. The number of benzene rings is 1. The molecule has 28 heavy (non-hydrogen) atoms. The number of halogens is 1. The lowest BCUT2D eigenvalue weighted by atomic mass is 10.0. The topological polar surface area (TPSA) is 91.6 Å². The quantitative estimate of drug-likeness (QED) is 0.820. The third kappa shape index (κ3) is 3.58. The van der Waals surface area contributed by atoms with Gasteiger partial charge in [0.05, 0.1) is 0 Å². The number of likely N-dealkylation sites (tertiary alicyclic amines) is 1. The highest BCUT2D eigenvalue weighted by Crippen LogP contribution is 2.22. The number of hydrogen-bond donors (Lipinski definition) is 2. The molecule has 3 rings (SSSR count). The number of fused-ring (bicyclic) bond motifs is 1. The summed E-state index contributed by atoms with van der Waals surface area (Å²) in [6.45, 7) is 3.96. The summed E-state index contributed by atoms with van der Waals surface area (Å²) in [6, 6.07) is 4.14. The van der Waals surface area contributed by atoms with E-state index in [9.17, 15) is 23.9 Å². The maximum absolute atomic E-state index is 13.5. The maximum atomic E-state index is 13.5. The Morgan fingerprint density at radius 3 is 2.61 bits per heavy atom. The highest BCUT2D eigenvalue weighted by atomic mass is 19.1. The van der Waals surface area contributed by atoms with Crippen LogP contribution in [0.25, 0.3) is 10.9 Å². The van der Waals surface area contributed by atoms with Crippen LogP contribution in [0.15, 0.2) is 24.3 Å². The Kier molecular flexibility index (Phi) is 5.40. The number of amides is 2. The molecule has 1 aromatic heterocycles. The van der Waals surface area contributed by atoms with Crippen LogP contribution < -0.4 is 5.32 Å². The van der Waals surface area contributed by atoms with Gasteiger partial charge < -0.3 is 19.9 Å². The van der Waals surface area contributed by atoms with E-state index in [4.69, 9.17) is 0 Å². The lowest BCUT2D eigenvalue weighted by molar-refractivity contribution is -0.149. The van der Waals surface area contributed by atoms with Crippen molar-refractivity contribution in [2.45, 2.75) is 38.8 Å². The average molecular weight is 389 g/mol. The molecule has 2 unspecified atom stereocenters. The van der Waals surface area contributed by atoms with Gasteiger partial charge in [0.2, 0.25) is 5.91 Å². The number of carboxylic acids is 1. The van der Waals surface area contributed by atoms with Crippen LogP contribution in [0.2, 0.25) is 0 Å². The van der Waals surface area contributed by atoms with Crippen molar-refractivity contribution in [1.29, 1.82) is 0 Å².